The smallest absolute Gasteiger partial charge is 0.303 e. The molecule has 2 heterocycles. The van der Waals surface area contributed by atoms with Gasteiger partial charge >= 0.3 is 23.9 Å². The van der Waals surface area contributed by atoms with Crippen LogP contribution in [0.5, 0.6) is 0 Å². The van der Waals surface area contributed by atoms with Crippen molar-refractivity contribution in [1.29, 1.82) is 0 Å². The second kappa shape index (κ2) is 14.5. The van der Waals surface area contributed by atoms with Crippen molar-refractivity contribution in [2.24, 2.45) is 0 Å². The van der Waals surface area contributed by atoms with Crippen LogP contribution in [-0.2, 0) is 57.1 Å². The highest BCUT2D eigenvalue weighted by atomic mass is 16.7. The molecule has 0 amide bonds. The van der Waals surface area contributed by atoms with Crippen molar-refractivity contribution in [2.75, 3.05) is 13.2 Å². The Morgan fingerprint density at radius 1 is 0.611 bits per heavy atom. The molecule has 12 heteroatoms. The molecule has 0 unspecified atom stereocenters. The predicted octanol–water partition coefficient (Wildman–Crippen LogP) is 1.80. The Bertz CT molecular complexity index is 693. The van der Waals surface area contributed by atoms with Crippen LogP contribution in [0.15, 0.2) is 0 Å². The maximum Gasteiger partial charge on any atom is 0.303 e. The Balaban J connectivity index is 1.73. The highest BCUT2D eigenvalue weighted by molar-refractivity contribution is 5.68. The third-order valence-corrected chi connectivity index (χ3v) is 5.63. The van der Waals surface area contributed by atoms with E-state index < -0.39 is 73.1 Å². The molecule has 2 aliphatic heterocycles. The summed E-state index contributed by atoms with van der Waals surface area (Å²) in [4.78, 5) is 45.7. The van der Waals surface area contributed by atoms with Gasteiger partial charge in [-0.15, -0.1) is 0 Å². The van der Waals surface area contributed by atoms with Crippen molar-refractivity contribution in [2.45, 2.75) is 116 Å². The van der Waals surface area contributed by atoms with Crippen molar-refractivity contribution in [3.8, 4) is 0 Å². The van der Waals surface area contributed by atoms with E-state index in [1.165, 1.54) is 27.7 Å². The zero-order valence-electron chi connectivity index (χ0n) is 21.8. The lowest BCUT2D eigenvalue weighted by atomic mass is 10.0. The molecular weight excluding hydrogens is 480 g/mol. The van der Waals surface area contributed by atoms with Gasteiger partial charge in [0.25, 0.3) is 0 Å². The van der Waals surface area contributed by atoms with E-state index in [0.717, 1.165) is 0 Å². The first-order chi connectivity index (χ1) is 17.0. The van der Waals surface area contributed by atoms with Crippen LogP contribution < -0.4 is 0 Å². The second-order valence-electron chi connectivity index (χ2n) is 8.91. The lowest BCUT2D eigenvalue weighted by Gasteiger charge is -2.39. The quantitative estimate of drug-likeness (QED) is 0.223. The normalized spacial score (nSPS) is 32.3. The highest BCUT2D eigenvalue weighted by Crippen LogP contribution is 2.28. The molecule has 0 saturated carbocycles. The number of hydrogen-bond donors (Lipinski definition) is 0. The molecule has 0 aromatic heterocycles. The molecule has 2 fully saturated rings. The fraction of sp³-hybridized carbons (Fsp3) is 0.833. The molecule has 0 aliphatic carbocycles. The van der Waals surface area contributed by atoms with E-state index in [0.29, 0.717) is 26.1 Å². The SMILES string of the molecule is CC(=O)O[C@H]1[C@H](C)O[C@@H](OCCCCO[C@H]2C[C@H](OC(C)=O)[C@@H](OC(C)=O)[C@H](C)O2)C[C@@H]1OC(C)=O. The highest BCUT2D eigenvalue weighted by Gasteiger charge is 2.42. The largest absolute Gasteiger partial charge is 0.458 e. The van der Waals surface area contributed by atoms with Gasteiger partial charge in [0.1, 0.15) is 12.2 Å². The van der Waals surface area contributed by atoms with Crippen LogP contribution in [0.4, 0.5) is 0 Å². The molecule has 0 radical (unpaired) electrons. The number of carbonyl (C=O) groups is 4. The number of rotatable bonds is 11. The summed E-state index contributed by atoms with van der Waals surface area (Å²) in [5.41, 5.74) is 0. The fourth-order valence-corrected chi connectivity index (χ4v) is 4.23. The Morgan fingerprint density at radius 3 is 1.25 bits per heavy atom. The molecule has 0 bridgehead atoms. The van der Waals surface area contributed by atoms with Crippen molar-refractivity contribution in [3.05, 3.63) is 0 Å². The minimum Gasteiger partial charge on any atom is -0.458 e. The van der Waals surface area contributed by atoms with E-state index >= 15 is 0 Å². The van der Waals surface area contributed by atoms with E-state index in [4.69, 9.17) is 37.9 Å². The maximum atomic E-state index is 11.5. The van der Waals surface area contributed by atoms with E-state index in [-0.39, 0.29) is 12.8 Å². The first-order valence-corrected chi connectivity index (χ1v) is 12.2. The molecule has 12 nitrogen and oxygen atoms in total. The van der Waals surface area contributed by atoms with Crippen LogP contribution in [-0.4, -0.2) is 86.3 Å². The van der Waals surface area contributed by atoms with E-state index in [9.17, 15) is 19.2 Å². The third-order valence-electron chi connectivity index (χ3n) is 5.63. The topological polar surface area (TPSA) is 142 Å². The first kappa shape index (κ1) is 29.9. The maximum absolute atomic E-state index is 11.5. The summed E-state index contributed by atoms with van der Waals surface area (Å²) < 4.78 is 44.3. The predicted molar refractivity (Wildman–Crippen MR) is 121 cm³/mol. The molecule has 36 heavy (non-hydrogen) atoms. The van der Waals surface area contributed by atoms with E-state index in [1.54, 1.807) is 13.8 Å². The molecule has 2 saturated heterocycles. The first-order valence-electron chi connectivity index (χ1n) is 12.2. The minimum absolute atomic E-state index is 0.243. The second-order valence-corrected chi connectivity index (χ2v) is 8.91. The van der Waals surface area contributed by atoms with Crippen LogP contribution in [0, 0.1) is 0 Å². The van der Waals surface area contributed by atoms with Gasteiger partial charge in [0, 0.05) is 53.8 Å². The average molecular weight is 519 g/mol. The number of unbranched alkanes of at least 4 members (excludes halogenated alkanes) is 1. The Morgan fingerprint density at radius 2 is 0.944 bits per heavy atom. The molecule has 0 aromatic rings. The average Bonchev–Trinajstić information content (AvgIpc) is 2.74. The van der Waals surface area contributed by atoms with Gasteiger partial charge in [-0.25, -0.2) is 0 Å². The molecule has 0 aromatic carbocycles. The lowest BCUT2D eigenvalue weighted by Crippen LogP contribution is -2.51. The van der Waals surface area contributed by atoms with E-state index in [1.807, 2.05) is 0 Å². The Kier molecular flexibility index (Phi) is 12.0. The van der Waals surface area contributed by atoms with Crippen molar-refractivity contribution < 1.29 is 57.1 Å². The van der Waals surface area contributed by atoms with Crippen LogP contribution in [0.2, 0.25) is 0 Å². The number of esters is 4. The number of ether oxygens (including phenoxy) is 8. The lowest BCUT2D eigenvalue weighted by molar-refractivity contribution is -0.259. The van der Waals surface area contributed by atoms with Gasteiger partial charge in [-0.05, 0) is 26.7 Å². The summed E-state index contributed by atoms with van der Waals surface area (Å²) in [5.74, 6) is -1.91. The van der Waals surface area contributed by atoms with Crippen molar-refractivity contribution in [3.63, 3.8) is 0 Å². The van der Waals surface area contributed by atoms with Gasteiger partial charge in [-0.2, -0.15) is 0 Å². The molecule has 2 aliphatic rings. The summed E-state index contributed by atoms with van der Waals surface area (Å²) in [5, 5.41) is 0. The number of carbonyl (C=O) groups excluding carboxylic acids is 4. The van der Waals surface area contributed by atoms with Crippen LogP contribution in [0.25, 0.3) is 0 Å². The molecule has 206 valence electrons. The molecule has 0 spiro atoms. The summed E-state index contributed by atoms with van der Waals surface area (Å²) in [6.07, 6.45) is -3.15. The van der Waals surface area contributed by atoms with Gasteiger partial charge in [-0.1, -0.05) is 0 Å². The Hall–Kier alpha value is -2.28. The van der Waals surface area contributed by atoms with Gasteiger partial charge in [0.15, 0.2) is 24.8 Å². The summed E-state index contributed by atoms with van der Waals surface area (Å²) in [7, 11) is 0. The molecular formula is C24H38O12. The van der Waals surface area contributed by atoms with Crippen LogP contribution in [0.1, 0.15) is 67.2 Å². The fourth-order valence-electron chi connectivity index (χ4n) is 4.23. The molecule has 0 N–H and O–H groups in total. The monoisotopic (exact) mass is 518 g/mol. The third kappa shape index (κ3) is 10.00. The molecule has 8 atom stereocenters. The van der Waals surface area contributed by atoms with Crippen LogP contribution >= 0.6 is 0 Å². The van der Waals surface area contributed by atoms with Gasteiger partial charge < -0.3 is 37.9 Å². The summed E-state index contributed by atoms with van der Waals surface area (Å²) >= 11 is 0. The summed E-state index contributed by atoms with van der Waals surface area (Å²) in [6, 6.07) is 0. The van der Waals surface area contributed by atoms with E-state index in [2.05, 4.69) is 0 Å². The minimum atomic E-state index is -0.700. The molecule has 2 rings (SSSR count). The van der Waals surface area contributed by atoms with Crippen LogP contribution in [0.3, 0.4) is 0 Å². The number of hydrogen-bond acceptors (Lipinski definition) is 12. The van der Waals surface area contributed by atoms with Gasteiger partial charge in [0.2, 0.25) is 0 Å². The van der Waals surface area contributed by atoms with Gasteiger partial charge in [0.05, 0.1) is 12.2 Å². The zero-order valence-corrected chi connectivity index (χ0v) is 21.8. The van der Waals surface area contributed by atoms with Crippen molar-refractivity contribution in [1.82, 2.24) is 0 Å². The Labute approximate surface area is 211 Å². The standard InChI is InChI=1S/C24H38O12/c1-13-23(35-17(5)27)19(33-15(3)25)11-21(31-13)29-9-7-8-10-30-22-12-20(34-16(4)26)24(14(2)32-22)36-18(6)28/h13-14,19-24H,7-12H2,1-6H3/t13-,14-,19-,20-,21+,22+,23-,24-/m0/s1. The summed E-state index contributed by atoms with van der Waals surface area (Å²) in [6.45, 7) is 9.37. The van der Waals surface area contributed by atoms with Crippen molar-refractivity contribution >= 4 is 23.9 Å². The van der Waals surface area contributed by atoms with Gasteiger partial charge in [-0.3, -0.25) is 19.2 Å². The zero-order chi connectivity index (χ0) is 26.8.